The Balaban J connectivity index is 2.14. The van der Waals surface area contributed by atoms with Crippen LogP contribution < -0.4 is 5.32 Å². The maximum atomic E-state index is 12.8. The second-order valence-corrected chi connectivity index (χ2v) is 8.57. The minimum atomic E-state index is -1.75. The molecule has 0 aliphatic heterocycles. The molecule has 154 valence electrons. The van der Waals surface area contributed by atoms with Gasteiger partial charge in [0.2, 0.25) is 3.79 Å². The number of amides is 1. The average molecular weight is 457 g/mol. The van der Waals surface area contributed by atoms with Gasteiger partial charge < -0.3 is 14.8 Å². The van der Waals surface area contributed by atoms with Crippen LogP contribution in [0.4, 0.5) is 4.79 Å². The second kappa shape index (κ2) is 11.1. The quantitative estimate of drug-likeness (QED) is 0.330. The number of carbonyl (C=O) groups excluding carboxylic acids is 2. The zero-order valence-electron chi connectivity index (χ0n) is 15.4. The SMILES string of the molecule is C=CCC(NC(=O)OCC(Cl)(Cl)Cl)C(=O)OC(c1ccccc1)c1ccccc1. The molecule has 0 aliphatic carbocycles. The van der Waals surface area contributed by atoms with Crippen molar-refractivity contribution in [3.05, 3.63) is 84.4 Å². The normalized spacial score (nSPS) is 12.1. The molecule has 1 amide bonds. The summed E-state index contributed by atoms with van der Waals surface area (Å²) in [7, 11) is 0. The minimum absolute atomic E-state index is 0.137. The van der Waals surface area contributed by atoms with Crippen molar-refractivity contribution < 1.29 is 19.1 Å². The summed E-state index contributed by atoms with van der Waals surface area (Å²) in [5, 5.41) is 2.42. The molecule has 0 spiro atoms. The molecule has 0 radical (unpaired) electrons. The second-order valence-electron chi connectivity index (χ2n) is 6.05. The molecule has 0 fully saturated rings. The highest BCUT2D eigenvalue weighted by Crippen LogP contribution is 2.27. The molecule has 1 atom stereocenters. The maximum Gasteiger partial charge on any atom is 0.408 e. The Labute approximate surface area is 184 Å². The van der Waals surface area contributed by atoms with E-state index in [9.17, 15) is 9.59 Å². The molecule has 0 aliphatic rings. The van der Waals surface area contributed by atoms with E-state index in [-0.39, 0.29) is 6.42 Å². The van der Waals surface area contributed by atoms with Crippen molar-refractivity contribution >= 4 is 46.9 Å². The molecule has 1 unspecified atom stereocenters. The number of esters is 1. The zero-order valence-corrected chi connectivity index (χ0v) is 17.7. The van der Waals surface area contributed by atoms with Gasteiger partial charge in [0.05, 0.1) is 0 Å². The van der Waals surface area contributed by atoms with E-state index in [1.165, 1.54) is 6.08 Å². The molecule has 0 saturated heterocycles. The van der Waals surface area contributed by atoms with Crippen LogP contribution in [0.15, 0.2) is 73.3 Å². The summed E-state index contributed by atoms with van der Waals surface area (Å²) in [5.41, 5.74) is 1.59. The summed E-state index contributed by atoms with van der Waals surface area (Å²) in [6, 6.07) is 17.6. The lowest BCUT2D eigenvalue weighted by Gasteiger charge is -2.23. The first-order chi connectivity index (χ1) is 13.8. The van der Waals surface area contributed by atoms with Gasteiger partial charge in [-0.15, -0.1) is 6.58 Å². The Morgan fingerprint density at radius 1 is 1.00 bits per heavy atom. The summed E-state index contributed by atoms with van der Waals surface area (Å²) >= 11 is 16.7. The predicted octanol–water partition coefficient (Wildman–Crippen LogP) is 5.36. The molecule has 2 aromatic rings. The molecule has 8 heteroatoms. The molecule has 1 N–H and O–H groups in total. The summed E-state index contributed by atoms with van der Waals surface area (Å²) in [4.78, 5) is 24.8. The van der Waals surface area contributed by atoms with Crippen molar-refractivity contribution in [2.45, 2.75) is 22.4 Å². The van der Waals surface area contributed by atoms with Gasteiger partial charge in [-0.3, -0.25) is 0 Å². The van der Waals surface area contributed by atoms with Crippen molar-refractivity contribution in [3.63, 3.8) is 0 Å². The van der Waals surface area contributed by atoms with Crippen LogP contribution >= 0.6 is 34.8 Å². The standard InChI is InChI=1S/C21H20Cl3NO4/c1-2-9-17(25-20(27)28-14-21(22,23)24)19(26)29-18(15-10-5-3-6-11-15)16-12-7-4-8-13-16/h2-8,10-13,17-18H,1,9,14H2,(H,25,27). The van der Waals surface area contributed by atoms with Crippen molar-refractivity contribution in [1.82, 2.24) is 5.32 Å². The van der Waals surface area contributed by atoms with Crippen LogP contribution in [-0.4, -0.2) is 28.5 Å². The molecule has 0 saturated carbocycles. The Hall–Kier alpha value is -2.21. The van der Waals surface area contributed by atoms with E-state index < -0.39 is 34.6 Å². The van der Waals surface area contributed by atoms with Crippen molar-refractivity contribution in [1.29, 1.82) is 0 Å². The molecular formula is C21H20Cl3NO4. The lowest BCUT2D eigenvalue weighted by molar-refractivity contribution is -0.150. The highest BCUT2D eigenvalue weighted by molar-refractivity contribution is 6.67. The van der Waals surface area contributed by atoms with Gasteiger partial charge in [-0.2, -0.15) is 0 Å². The highest BCUT2D eigenvalue weighted by atomic mass is 35.6. The Morgan fingerprint density at radius 2 is 1.52 bits per heavy atom. The molecule has 2 aromatic carbocycles. The molecule has 0 aromatic heterocycles. The number of benzene rings is 2. The number of alkyl carbamates (subject to hydrolysis) is 1. The van der Waals surface area contributed by atoms with Crippen LogP contribution in [-0.2, 0) is 14.3 Å². The van der Waals surface area contributed by atoms with Gasteiger partial charge in [0.15, 0.2) is 6.10 Å². The minimum Gasteiger partial charge on any atom is -0.451 e. The smallest absolute Gasteiger partial charge is 0.408 e. The highest BCUT2D eigenvalue weighted by Gasteiger charge is 2.28. The number of hydrogen-bond acceptors (Lipinski definition) is 4. The van der Waals surface area contributed by atoms with Crippen LogP contribution in [0.5, 0.6) is 0 Å². The zero-order chi connectivity index (χ0) is 21.3. The number of carbonyl (C=O) groups is 2. The topological polar surface area (TPSA) is 64.6 Å². The molecular weight excluding hydrogens is 437 g/mol. The van der Waals surface area contributed by atoms with E-state index in [0.29, 0.717) is 0 Å². The van der Waals surface area contributed by atoms with E-state index in [1.54, 1.807) is 0 Å². The largest absolute Gasteiger partial charge is 0.451 e. The Morgan fingerprint density at radius 3 is 1.97 bits per heavy atom. The van der Waals surface area contributed by atoms with Crippen LogP contribution in [0.25, 0.3) is 0 Å². The van der Waals surface area contributed by atoms with Gasteiger partial charge in [0, 0.05) is 0 Å². The summed E-state index contributed by atoms with van der Waals surface area (Å²) in [6.07, 6.45) is 0.0754. The molecule has 0 bridgehead atoms. The van der Waals surface area contributed by atoms with Crippen LogP contribution in [0.1, 0.15) is 23.7 Å². The fraction of sp³-hybridized carbons (Fsp3) is 0.238. The van der Waals surface area contributed by atoms with Gasteiger partial charge in [-0.25, -0.2) is 9.59 Å². The first-order valence-corrected chi connectivity index (χ1v) is 9.85. The molecule has 29 heavy (non-hydrogen) atoms. The van der Waals surface area contributed by atoms with Crippen LogP contribution in [0, 0.1) is 0 Å². The number of alkyl halides is 3. The molecule has 0 heterocycles. The number of nitrogens with one attached hydrogen (secondary N) is 1. The third kappa shape index (κ3) is 7.97. The van der Waals surface area contributed by atoms with Crippen molar-refractivity contribution in [2.75, 3.05) is 6.61 Å². The first-order valence-electron chi connectivity index (χ1n) is 8.71. The predicted molar refractivity (Wildman–Crippen MR) is 114 cm³/mol. The lowest BCUT2D eigenvalue weighted by Crippen LogP contribution is -2.43. The van der Waals surface area contributed by atoms with Crippen molar-refractivity contribution in [3.8, 4) is 0 Å². The Kier molecular flexibility index (Phi) is 8.83. The summed E-state index contributed by atoms with van der Waals surface area (Å²) in [6.45, 7) is 3.15. The van der Waals surface area contributed by atoms with E-state index in [1.807, 2.05) is 60.7 Å². The summed E-state index contributed by atoms with van der Waals surface area (Å²) < 4.78 is 8.82. The van der Waals surface area contributed by atoms with Gasteiger partial charge in [-0.1, -0.05) is 102 Å². The number of halogens is 3. The fourth-order valence-corrected chi connectivity index (χ4v) is 2.66. The van der Waals surface area contributed by atoms with Crippen molar-refractivity contribution in [2.24, 2.45) is 0 Å². The van der Waals surface area contributed by atoms with E-state index >= 15 is 0 Å². The molecule has 2 rings (SSSR count). The van der Waals surface area contributed by atoms with Gasteiger partial charge in [-0.05, 0) is 17.5 Å². The van der Waals surface area contributed by atoms with Crippen LogP contribution in [0.3, 0.4) is 0 Å². The number of rotatable bonds is 8. The average Bonchev–Trinajstić information content (AvgIpc) is 2.71. The monoisotopic (exact) mass is 455 g/mol. The van der Waals surface area contributed by atoms with E-state index in [2.05, 4.69) is 11.9 Å². The maximum absolute atomic E-state index is 12.8. The fourth-order valence-electron chi connectivity index (χ4n) is 2.49. The third-order valence-corrected chi connectivity index (χ3v) is 4.11. The van der Waals surface area contributed by atoms with Crippen LogP contribution in [0.2, 0.25) is 0 Å². The van der Waals surface area contributed by atoms with Gasteiger partial charge >= 0.3 is 12.1 Å². The third-order valence-electron chi connectivity index (χ3n) is 3.78. The Bertz CT molecular complexity index is 770. The summed E-state index contributed by atoms with van der Waals surface area (Å²) in [5.74, 6) is -0.645. The van der Waals surface area contributed by atoms with Gasteiger partial charge in [0.25, 0.3) is 0 Å². The lowest BCUT2D eigenvalue weighted by atomic mass is 10.0. The van der Waals surface area contributed by atoms with Gasteiger partial charge in [0.1, 0.15) is 12.6 Å². The first kappa shape index (κ1) is 23.1. The number of ether oxygens (including phenoxy) is 2. The molecule has 5 nitrogen and oxygen atoms in total. The van der Waals surface area contributed by atoms with E-state index in [4.69, 9.17) is 44.3 Å². The number of hydrogen-bond donors (Lipinski definition) is 1. The van der Waals surface area contributed by atoms with E-state index in [0.717, 1.165) is 11.1 Å².